The fourth-order valence-corrected chi connectivity index (χ4v) is 3.41. The van der Waals surface area contributed by atoms with Gasteiger partial charge in [0.25, 0.3) is 5.91 Å². The lowest BCUT2D eigenvalue weighted by Gasteiger charge is -2.22. The lowest BCUT2D eigenvalue weighted by molar-refractivity contribution is 0.0169. The molecule has 3 heterocycles. The van der Waals surface area contributed by atoms with E-state index < -0.39 is 0 Å². The zero-order valence-corrected chi connectivity index (χ0v) is 15.3. The number of pyridine rings is 1. The molecule has 1 N–H and O–H groups in total. The van der Waals surface area contributed by atoms with Crippen molar-refractivity contribution in [2.45, 2.75) is 38.3 Å². The zero-order valence-electron chi connectivity index (χ0n) is 15.3. The molecule has 1 atom stereocenters. The van der Waals surface area contributed by atoms with Crippen molar-refractivity contribution in [3.05, 3.63) is 60.0 Å². The van der Waals surface area contributed by atoms with E-state index in [1.807, 2.05) is 22.8 Å². The maximum atomic E-state index is 12.4. The third-order valence-corrected chi connectivity index (χ3v) is 4.97. The van der Waals surface area contributed by atoms with Crippen molar-refractivity contribution in [1.82, 2.24) is 19.9 Å². The van der Waals surface area contributed by atoms with Gasteiger partial charge in [0.15, 0.2) is 5.65 Å². The van der Waals surface area contributed by atoms with E-state index in [4.69, 9.17) is 4.74 Å². The van der Waals surface area contributed by atoms with Gasteiger partial charge in [0, 0.05) is 25.9 Å². The third kappa shape index (κ3) is 4.34. The molecule has 6 heteroatoms. The summed E-state index contributed by atoms with van der Waals surface area (Å²) in [6, 6.07) is 12.1. The molecule has 1 fully saturated rings. The van der Waals surface area contributed by atoms with Crippen molar-refractivity contribution in [1.29, 1.82) is 0 Å². The Kier molecular flexibility index (Phi) is 5.44. The molecular formula is C21H24N4O2. The summed E-state index contributed by atoms with van der Waals surface area (Å²) in [7, 11) is 0. The van der Waals surface area contributed by atoms with Crippen molar-refractivity contribution >= 4 is 17.1 Å². The minimum Gasteiger partial charge on any atom is -0.376 e. The molecule has 1 aliphatic rings. The fraction of sp³-hybridized carbons (Fsp3) is 0.381. The topological polar surface area (TPSA) is 69.0 Å². The smallest absolute Gasteiger partial charge is 0.253 e. The van der Waals surface area contributed by atoms with Gasteiger partial charge >= 0.3 is 0 Å². The third-order valence-electron chi connectivity index (χ3n) is 4.97. The first kappa shape index (κ1) is 17.7. The van der Waals surface area contributed by atoms with Crippen molar-refractivity contribution < 1.29 is 9.53 Å². The van der Waals surface area contributed by atoms with Crippen molar-refractivity contribution in [3.8, 4) is 0 Å². The van der Waals surface area contributed by atoms with Gasteiger partial charge in [-0.15, -0.1) is 0 Å². The highest BCUT2D eigenvalue weighted by molar-refractivity contribution is 5.96. The van der Waals surface area contributed by atoms with Crippen LogP contribution >= 0.6 is 0 Å². The summed E-state index contributed by atoms with van der Waals surface area (Å²) in [6.45, 7) is 2.13. The van der Waals surface area contributed by atoms with Gasteiger partial charge in [0.2, 0.25) is 0 Å². The van der Waals surface area contributed by atoms with Crippen LogP contribution in [0, 0.1) is 0 Å². The SMILES string of the molecule is O=C(NCC1CCCCO1)c1cnc2c(c1)ncn2CCc1ccccc1. The van der Waals surface area contributed by atoms with Gasteiger partial charge in [-0.2, -0.15) is 0 Å². The second-order valence-corrected chi connectivity index (χ2v) is 6.94. The molecule has 1 amide bonds. The number of ether oxygens (including phenoxy) is 1. The number of hydrogen-bond acceptors (Lipinski definition) is 4. The summed E-state index contributed by atoms with van der Waals surface area (Å²) in [4.78, 5) is 21.3. The van der Waals surface area contributed by atoms with Crippen LogP contribution in [0.4, 0.5) is 0 Å². The normalized spacial score (nSPS) is 17.1. The Morgan fingerprint density at radius 2 is 2.11 bits per heavy atom. The average Bonchev–Trinajstić information content (AvgIpc) is 3.14. The number of benzene rings is 1. The lowest BCUT2D eigenvalue weighted by Crippen LogP contribution is -2.35. The first-order valence-electron chi connectivity index (χ1n) is 9.54. The van der Waals surface area contributed by atoms with E-state index in [-0.39, 0.29) is 12.0 Å². The van der Waals surface area contributed by atoms with Crippen LogP contribution in [0.2, 0.25) is 0 Å². The second-order valence-electron chi connectivity index (χ2n) is 6.94. The molecule has 2 aromatic heterocycles. The van der Waals surface area contributed by atoms with E-state index in [0.717, 1.165) is 50.0 Å². The van der Waals surface area contributed by atoms with Gasteiger partial charge in [-0.3, -0.25) is 4.79 Å². The number of rotatable bonds is 6. The molecule has 0 radical (unpaired) electrons. The number of aryl methyl sites for hydroxylation is 2. The Morgan fingerprint density at radius 3 is 2.93 bits per heavy atom. The number of carbonyl (C=O) groups is 1. The largest absolute Gasteiger partial charge is 0.376 e. The summed E-state index contributed by atoms with van der Waals surface area (Å²) in [5.74, 6) is -0.127. The number of imidazole rings is 1. The van der Waals surface area contributed by atoms with E-state index >= 15 is 0 Å². The van der Waals surface area contributed by atoms with Gasteiger partial charge in [-0.25, -0.2) is 9.97 Å². The lowest BCUT2D eigenvalue weighted by atomic mass is 10.1. The number of aromatic nitrogens is 3. The Bertz CT molecular complexity index is 901. The number of carbonyl (C=O) groups excluding carboxylic acids is 1. The molecule has 27 heavy (non-hydrogen) atoms. The Morgan fingerprint density at radius 1 is 1.22 bits per heavy atom. The van der Waals surface area contributed by atoms with Crippen LogP contribution in [0.5, 0.6) is 0 Å². The summed E-state index contributed by atoms with van der Waals surface area (Å²) >= 11 is 0. The van der Waals surface area contributed by atoms with Crippen LogP contribution < -0.4 is 5.32 Å². The predicted molar refractivity (Wildman–Crippen MR) is 104 cm³/mol. The standard InChI is InChI=1S/C21H24N4O2/c26-21(23-14-18-8-4-5-11-27-18)17-12-19-20(22-13-17)25(15-24-19)10-9-16-6-2-1-3-7-16/h1-3,6-7,12-13,15,18H,4-5,8-11,14H2,(H,23,26). The first-order chi connectivity index (χ1) is 13.3. The Hall–Kier alpha value is -2.73. The van der Waals surface area contributed by atoms with Gasteiger partial charge in [-0.1, -0.05) is 30.3 Å². The van der Waals surface area contributed by atoms with Gasteiger partial charge in [-0.05, 0) is 37.3 Å². The molecule has 0 spiro atoms. The zero-order chi connectivity index (χ0) is 18.5. The summed E-state index contributed by atoms with van der Waals surface area (Å²) < 4.78 is 7.68. The number of fused-ring (bicyclic) bond motifs is 1. The van der Waals surface area contributed by atoms with E-state index in [0.29, 0.717) is 12.1 Å². The van der Waals surface area contributed by atoms with Gasteiger partial charge < -0.3 is 14.6 Å². The molecule has 6 nitrogen and oxygen atoms in total. The van der Waals surface area contributed by atoms with E-state index in [9.17, 15) is 4.79 Å². The van der Waals surface area contributed by atoms with Crippen LogP contribution in [0.1, 0.15) is 35.2 Å². The van der Waals surface area contributed by atoms with E-state index in [1.165, 1.54) is 5.56 Å². The molecule has 0 aliphatic carbocycles. The molecule has 1 saturated heterocycles. The Balaban J connectivity index is 1.39. The molecule has 1 unspecified atom stereocenters. The highest BCUT2D eigenvalue weighted by atomic mass is 16.5. The highest BCUT2D eigenvalue weighted by Crippen LogP contribution is 2.14. The molecule has 140 valence electrons. The average molecular weight is 364 g/mol. The van der Waals surface area contributed by atoms with E-state index in [2.05, 4.69) is 27.4 Å². The number of amides is 1. The predicted octanol–water partition coefficient (Wildman–Crippen LogP) is 2.97. The quantitative estimate of drug-likeness (QED) is 0.730. The molecule has 1 aliphatic heterocycles. The van der Waals surface area contributed by atoms with Crippen molar-refractivity contribution in [2.24, 2.45) is 0 Å². The van der Waals surface area contributed by atoms with Crippen LogP contribution in [0.3, 0.4) is 0 Å². The molecule has 0 bridgehead atoms. The monoisotopic (exact) mass is 364 g/mol. The summed E-state index contributed by atoms with van der Waals surface area (Å²) in [5, 5.41) is 2.95. The maximum absolute atomic E-state index is 12.4. The fourth-order valence-electron chi connectivity index (χ4n) is 3.41. The number of hydrogen-bond donors (Lipinski definition) is 1. The molecular weight excluding hydrogens is 340 g/mol. The minimum absolute atomic E-state index is 0.122. The van der Waals surface area contributed by atoms with Gasteiger partial charge in [0.05, 0.1) is 18.0 Å². The first-order valence-corrected chi connectivity index (χ1v) is 9.54. The molecule has 4 rings (SSSR count). The molecule has 0 saturated carbocycles. The maximum Gasteiger partial charge on any atom is 0.253 e. The van der Waals surface area contributed by atoms with Crippen molar-refractivity contribution in [3.63, 3.8) is 0 Å². The van der Waals surface area contributed by atoms with Crippen LogP contribution in [-0.4, -0.2) is 39.7 Å². The van der Waals surface area contributed by atoms with Crippen LogP contribution in [0.15, 0.2) is 48.9 Å². The summed E-state index contributed by atoms with van der Waals surface area (Å²) in [6.07, 6.45) is 7.72. The molecule has 1 aromatic carbocycles. The van der Waals surface area contributed by atoms with Gasteiger partial charge in [0.1, 0.15) is 5.52 Å². The highest BCUT2D eigenvalue weighted by Gasteiger charge is 2.16. The Labute approximate surface area is 158 Å². The number of nitrogens with one attached hydrogen (secondary N) is 1. The minimum atomic E-state index is -0.127. The summed E-state index contributed by atoms with van der Waals surface area (Å²) in [5.41, 5.74) is 3.36. The number of nitrogens with zero attached hydrogens (tertiary/aromatic N) is 3. The second kappa shape index (κ2) is 8.31. The molecule has 3 aromatic rings. The van der Waals surface area contributed by atoms with Crippen LogP contribution in [0.25, 0.3) is 11.2 Å². The van der Waals surface area contributed by atoms with E-state index in [1.54, 1.807) is 18.6 Å². The van der Waals surface area contributed by atoms with Crippen LogP contribution in [-0.2, 0) is 17.7 Å². The van der Waals surface area contributed by atoms with Crippen molar-refractivity contribution in [2.75, 3.05) is 13.2 Å².